The van der Waals surface area contributed by atoms with Gasteiger partial charge in [-0.25, -0.2) is 9.97 Å². The summed E-state index contributed by atoms with van der Waals surface area (Å²) in [5.74, 6) is 1.83. The minimum absolute atomic E-state index is 0.00971. The fourth-order valence-corrected chi connectivity index (χ4v) is 4.24. The second kappa shape index (κ2) is 22.4. The molecule has 2 heterocycles. The van der Waals surface area contributed by atoms with E-state index < -0.39 is 0 Å². The molecule has 1 amide bonds. The highest BCUT2D eigenvalue weighted by Crippen LogP contribution is 2.13. The number of nitrogens with zero attached hydrogens (tertiary/aromatic N) is 5. The van der Waals surface area contributed by atoms with Crippen molar-refractivity contribution in [1.29, 1.82) is 0 Å². The normalized spacial score (nSPS) is 11.4. The predicted octanol–water partition coefficient (Wildman–Crippen LogP) is 5.70. The van der Waals surface area contributed by atoms with E-state index in [-0.39, 0.29) is 24.0 Å². The minimum Gasteiger partial charge on any atom is -0.465 e. The molecule has 0 fully saturated rings. The first kappa shape index (κ1) is 39.9. The maximum Gasteiger partial charge on any atom is 0.305 e. The Hall–Kier alpha value is -3.08. The number of ether oxygens (including phenoxy) is 1. The number of aliphatic hydroxyl groups is 1. The summed E-state index contributed by atoms with van der Waals surface area (Å²) >= 11 is 0. The number of esters is 1. The van der Waals surface area contributed by atoms with Crippen LogP contribution in [0.2, 0.25) is 0 Å². The maximum atomic E-state index is 12.1. The lowest BCUT2D eigenvalue weighted by molar-refractivity contribution is -0.143. The van der Waals surface area contributed by atoms with Gasteiger partial charge in [-0.2, -0.15) is 0 Å². The third-order valence-electron chi connectivity index (χ3n) is 7.11. The molecule has 0 atom stereocenters. The molecule has 0 saturated carbocycles. The number of carbonyl (C=O) groups is 2. The molecule has 0 radical (unpaired) electrons. The molecule has 3 N–H and O–H groups in total. The number of hydrogen-bond acceptors (Lipinski definition) is 9. The number of aromatic nitrogens is 5. The number of carbonyl (C=O) groups excluding carboxylic acids is 2. The van der Waals surface area contributed by atoms with Crippen LogP contribution in [0.4, 0.5) is 5.95 Å². The van der Waals surface area contributed by atoms with Gasteiger partial charge in [-0.05, 0) is 76.7 Å². The van der Waals surface area contributed by atoms with Gasteiger partial charge < -0.3 is 20.5 Å². The van der Waals surface area contributed by atoms with Crippen molar-refractivity contribution in [3.63, 3.8) is 0 Å². The van der Waals surface area contributed by atoms with Crippen LogP contribution in [0.1, 0.15) is 124 Å². The van der Waals surface area contributed by atoms with Gasteiger partial charge in [0.05, 0.1) is 12.3 Å². The summed E-state index contributed by atoms with van der Waals surface area (Å²) in [6.07, 6.45) is 11.1. The van der Waals surface area contributed by atoms with Gasteiger partial charge in [-0.15, -0.1) is 5.10 Å². The van der Waals surface area contributed by atoms with Crippen molar-refractivity contribution in [2.75, 3.05) is 25.1 Å². The van der Waals surface area contributed by atoms with Gasteiger partial charge in [0.1, 0.15) is 0 Å². The molecule has 45 heavy (non-hydrogen) atoms. The molecule has 0 aliphatic heterocycles. The Morgan fingerprint density at radius 1 is 0.978 bits per heavy atom. The molecule has 2 aromatic heterocycles. The van der Waals surface area contributed by atoms with Crippen molar-refractivity contribution in [1.82, 2.24) is 30.3 Å². The Labute approximate surface area is 271 Å². The van der Waals surface area contributed by atoms with Crippen molar-refractivity contribution in [2.24, 2.45) is 11.8 Å². The molecule has 0 spiro atoms. The zero-order valence-corrected chi connectivity index (χ0v) is 29.3. The first-order valence-electron chi connectivity index (χ1n) is 16.9. The molecular formula is C34H61N7O4. The summed E-state index contributed by atoms with van der Waals surface area (Å²) in [6, 6.07) is 2.14. The van der Waals surface area contributed by atoms with E-state index in [4.69, 9.17) is 9.84 Å². The molecule has 2 aromatic rings. The van der Waals surface area contributed by atoms with E-state index >= 15 is 0 Å². The molecule has 0 saturated heterocycles. The van der Waals surface area contributed by atoms with E-state index in [9.17, 15) is 9.59 Å². The van der Waals surface area contributed by atoms with Crippen LogP contribution in [-0.2, 0) is 40.1 Å². The fraction of sp³-hybridized carbons (Fsp3) is 0.765. The highest BCUT2D eigenvalue weighted by molar-refractivity contribution is 5.76. The highest BCUT2D eigenvalue weighted by Gasteiger charge is 2.19. The number of anilines is 1. The summed E-state index contributed by atoms with van der Waals surface area (Å²) in [5, 5.41) is 23.4. The molecule has 11 nitrogen and oxygen atoms in total. The second-order valence-electron chi connectivity index (χ2n) is 13.1. The van der Waals surface area contributed by atoms with Crippen molar-refractivity contribution in [3.05, 3.63) is 29.3 Å². The monoisotopic (exact) mass is 631 g/mol. The quantitative estimate of drug-likeness (QED) is 0.117. The van der Waals surface area contributed by atoms with E-state index in [0.29, 0.717) is 63.0 Å². The van der Waals surface area contributed by atoms with Crippen molar-refractivity contribution in [3.8, 4) is 0 Å². The number of hydrogen-bond donors (Lipinski definition) is 3. The third-order valence-corrected chi connectivity index (χ3v) is 7.11. The lowest BCUT2D eigenvalue weighted by atomic mass is 10.0. The van der Waals surface area contributed by atoms with Crippen LogP contribution in [0.25, 0.3) is 0 Å². The van der Waals surface area contributed by atoms with Gasteiger partial charge in [0.15, 0.2) is 0 Å². The Bertz CT molecular complexity index is 1100. The average molecular weight is 632 g/mol. The van der Waals surface area contributed by atoms with Crippen LogP contribution in [0.15, 0.2) is 12.3 Å². The van der Waals surface area contributed by atoms with E-state index in [1.807, 2.05) is 24.7 Å². The van der Waals surface area contributed by atoms with Crippen LogP contribution >= 0.6 is 0 Å². The second-order valence-corrected chi connectivity index (χ2v) is 13.1. The molecule has 11 heteroatoms. The SMILES string of the molecule is CCC(=O)OCCc1cn(CCC(C)C)nn1.CCCCc1cc(CCC(C)C)nc(NCCCC(=O)NC(C)(C)CCO)n1. The first-order valence-corrected chi connectivity index (χ1v) is 16.9. The molecule has 0 bridgehead atoms. The third kappa shape index (κ3) is 19.8. The van der Waals surface area contributed by atoms with Gasteiger partial charge in [0, 0.05) is 62.1 Å². The van der Waals surface area contributed by atoms with Crippen molar-refractivity contribution in [2.45, 2.75) is 138 Å². The standard InChI is InChI=1S/C22H40N4O2.C12H21N3O2/c1-6-7-9-18-16-19(12-11-17(2)3)25-21(24-18)23-14-8-10-20(28)26-22(4,5)13-15-27;1-4-12(16)17-8-6-11-9-15(14-13-11)7-5-10(2)3/h16-17,27H,6-15H2,1-5H3,(H,26,28)(H,23,24,25);9-10H,4-8H2,1-3H3. The van der Waals surface area contributed by atoms with Crippen LogP contribution in [0.3, 0.4) is 0 Å². The number of unbranched alkanes of at least 4 members (excludes halogenated alkanes) is 1. The van der Waals surface area contributed by atoms with E-state index in [2.05, 4.69) is 71.6 Å². The van der Waals surface area contributed by atoms with Crippen LogP contribution in [-0.4, -0.2) is 67.2 Å². The van der Waals surface area contributed by atoms with Crippen molar-refractivity contribution >= 4 is 17.8 Å². The van der Waals surface area contributed by atoms with Gasteiger partial charge in [0.25, 0.3) is 0 Å². The zero-order valence-electron chi connectivity index (χ0n) is 29.3. The predicted molar refractivity (Wildman–Crippen MR) is 180 cm³/mol. The summed E-state index contributed by atoms with van der Waals surface area (Å²) < 4.78 is 6.83. The number of amides is 1. The van der Waals surface area contributed by atoms with E-state index in [0.717, 1.165) is 62.2 Å². The Morgan fingerprint density at radius 2 is 1.67 bits per heavy atom. The lowest BCUT2D eigenvalue weighted by Gasteiger charge is -2.25. The Balaban J connectivity index is 0.000000507. The number of nitrogens with one attached hydrogen (secondary N) is 2. The molecular weight excluding hydrogens is 570 g/mol. The number of aryl methyl sites for hydroxylation is 3. The van der Waals surface area contributed by atoms with E-state index in [1.54, 1.807) is 6.92 Å². The molecule has 0 aliphatic rings. The summed E-state index contributed by atoms with van der Waals surface area (Å²) in [4.78, 5) is 32.3. The summed E-state index contributed by atoms with van der Waals surface area (Å²) in [7, 11) is 0. The highest BCUT2D eigenvalue weighted by atomic mass is 16.5. The Morgan fingerprint density at radius 3 is 2.29 bits per heavy atom. The van der Waals surface area contributed by atoms with Gasteiger partial charge in [-0.1, -0.05) is 53.2 Å². The smallest absolute Gasteiger partial charge is 0.305 e. The molecule has 2 rings (SSSR count). The van der Waals surface area contributed by atoms with Crippen molar-refractivity contribution < 1.29 is 19.4 Å². The lowest BCUT2D eigenvalue weighted by Crippen LogP contribution is -2.44. The minimum atomic E-state index is -0.374. The maximum absolute atomic E-state index is 12.1. The van der Waals surface area contributed by atoms with Gasteiger partial charge in [-0.3, -0.25) is 14.3 Å². The van der Waals surface area contributed by atoms with Crippen LogP contribution in [0, 0.1) is 11.8 Å². The van der Waals surface area contributed by atoms with Crippen LogP contribution in [0.5, 0.6) is 0 Å². The number of rotatable bonds is 21. The molecule has 0 aliphatic carbocycles. The average Bonchev–Trinajstić information content (AvgIpc) is 3.43. The summed E-state index contributed by atoms with van der Waals surface area (Å²) in [6.45, 7) is 18.6. The molecule has 256 valence electrons. The number of aliphatic hydroxyl groups excluding tert-OH is 1. The van der Waals surface area contributed by atoms with Crippen LogP contribution < -0.4 is 10.6 Å². The van der Waals surface area contributed by atoms with E-state index in [1.165, 1.54) is 0 Å². The largest absolute Gasteiger partial charge is 0.465 e. The first-order chi connectivity index (χ1) is 21.4. The summed E-state index contributed by atoms with van der Waals surface area (Å²) in [5.41, 5.74) is 2.70. The zero-order chi connectivity index (χ0) is 33.7. The van der Waals surface area contributed by atoms with Gasteiger partial charge in [0.2, 0.25) is 11.9 Å². The van der Waals surface area contributed by atoms with Gasteiger partial charge >= 0.3 is 5.97 Å². The molecule has 0 unspecified atom stereocenters. The Kier molecular flexibility index (Phi) is 19.9. The fourth-order valence-electron chi connectivity index (χ4n) is 4.24. The molecule has 0 aromatic carbocycles. The topological polar surface area (TPSA) is 144 Å².